The molecule has 0 atom stereocenters. The van der Waals surface area contributed by atoms with E-state index in [2.05, 4.69) is 0 Å². The number of hydrogen-bond donors (Lipinski definition) is 0. The summed E-state index contributed by atoms with van der Waals surface area (Å²) in [6.45, 7) is 6.56. The van der Waals surface area contributed by atoms with Crippen molar-refractivity contribution in [2.24, 2.45) is 0 Å². The first-order valence-electron chi connectivity index (χ1n) is 8.82. The number of hydrogen-bond acceptors (Lipinski definition) is 3. The van der Waals surface area contributed by atoms with Crippen LogP contribution >= 0.6 is 0 Å². The fourth-order valence-corrected chi connectivity index (χ4v) is 3.12. The SMILES string of the molecule is Cc1ccc(C(=O)CN2CCN(C(=O)c3ccccc3F)CC2)cc1C. The zero-order chi connectivity index (χ0) is 18.7. The van der Waals surface area contributed by atoms with E-state index in [0.717, 1.165) is 11.1 Å². The van der Waals surface area contributed by atoms with Crippen LogP contribution in [0.3, 0.4) is 0 Å². The van der Waals surface area contributed by atoms with Crippen LogP contribution in [0.4, 0.5) is 4.39 Å². The van der Waals surface area contributed by atoms with Gasteiger partial charge in [-0.1, -0.05) is 24.3 Å². The Morgan fingerprint density at radius 3 is 2.31 bits per heavy atom. The van der Waals surface area contributed by atoms with Gasteiger partial charge in [0.2, 0.25) is 0 Å². The maximum absolute atomic E-state index is 13.8. The van der Waals surface area contributed by atoms with Gasteiger partial charge in [0.25, 0.3) is 5.91 Å². The molecule has 26 heavy (non-hydrogen) atoms. The predicted octanol–water partition coefficient (Wildman–Crippen LogP) is 3.08. The van der Waals surface area contributed by atoms with Crippen LogP contribution in [0.1, 0.15) is 31.8 Å². The number of amides is 1. The van der Waals surface area contributed by atoms with Gasteiger partial charge in [0.05, 0.1) is 12.1 Å². The zero-order valence-electron chi connectivity index (χ0n) is 15.2. The average molecular weight is 354 g/mol. The largest absolute Gasteiger partial charge is 0.336 e. The molecule has 2 aromatic rings. The van der Waals surface area contributed by atoms with Gasteiger partial charge in [-0.2, -0.15) is 0 Å². The molecule has 0 saturated carbocycles. The Labute approximate surface area is 153 Å². The molecule has 1 aliphatic rings. The highest BCUT2D eigenvalue weighted by atomic mass is 19.1. The van der Waals surface area contributed by atoms with Crippen molar-refractivity contribution >= 4 is 11.7 Å². The van der Waals surface area contributed by atoms with E-state index in [1.165, 1.54) is 17.7 Å². The van der Waals surface area contributed by atoms with Crippen LogP contribution in [0, 0.1) is 19.7 Å². The smallest absolute Gasteiger partial charge is 0.256 e. The Bertz CT molecular complexity index is 827. The number of benzene rings is 2. The van der Waals surface area contributed by atoms with Gasteiger partial charge in [-0.15, -0.1) is 0 Å². The molecule has 1 aliphatic heterocycles. The lowest BCUT2D eigenvalue weighted by Gasteiger charge is -2.34. The second kappa shape index (κ2) is 7.79. The summed E-state index contributed by atoms with van der Waals surface area (Å²) in [6.07, 6.45) is 0. The summed E-state index contributed by atoms with van der Waals surface area (Å²) in [4.78, 5) is 28.6. The Morgan fingerprint density at radius 2 is 1.65 bits per heavy atom. The molecule has 0 N–H and O–H groups in total. The van der Waals surface area contributed by atoms with E-state index in [4.69, 9.17) is 0 Å². The molecule has 5 heteroatoms. The zero-order valence-corrected chi connectivity index (χ0v) is 15.2. The van der Waals surface area contributed by atoms with Crippen LogP contribution < -0.4 is 0 Å². The molecule has 0 aromatic heterocycles. The number of halogens is 1. The van der Waals surface area contributed by atoms with Crippen LogP contribution in [-0.4, -0.2) is 54.2 Å². The lowest BCUT2D eigenvalue weighted by atomic mass is 10.0. The minimum absolute atomic E-state index is 0.0852. The second-order valence-corrected chi connectivity index (χ2v) is 6.77. The molecule has 0 unspecified atom stereocenters. The Kier molecular flexibility index (Phi) is 5.47. The van der Waals surface area contributed by atoms with E-state index in [-0.39, 0.29) is 17.3 Å². The normalized spacial score (nSPS) is 15.1. The third-order valence-electron chi connectivity index (χ3n) is 4.96. The number of Topliss-reactive ketones (excluding diaryl/α,β-unsaturated/α-hetero) is 1. The van der Waals surface area contributed by atoms with Crippen LogP contribution in [0.2, 0.25) is 0 Å². The summed E-state index contributed by atoms with van der Waals surface area (Å²) in [5.41, 5.74) is 3.10. The molecule has 1 heterocycles. The lowest BCUT2D eigenvalue weighted by Crippen LogP contribution is -2.50. The first-order chi connectivity index (χ1) is 12.5. The van der Waals surface area contributed by atoms with E-state index >= 15 is 0 Å². The van der Waals surface area contributed by atoms with Gasteiger partial charge >= 0.3 is 0 Å². The number of carbonyl (C=O) groups is 2. The van der Waals surface area contributed by atoms with E-state index in [9.17, 15) is 14.0 Å². The van der Waals surface area contributed by atoms with Crippen molar-refractivity contribution in [1.82, 2.24) is 9.80 Å². The molecule has 0 radical (unpaired) electrons. The lowest BCUT2D eigenvalue weighted by molar-refractivity contribution is 0.0620. The molecule has 0 spiro atoms. The fraction of sp³-hybridized carbons (Fsp3) is 0.333. The van der Waals surface area contributed by atoms with Crippen LogP contribution in [0.5, 0.6) is 0 Å². The Hall–Kier alpha value is -2.53. The van der Waals surface area contributed by atoms with E-state index in [1.54, 1.807) is 17.0 Å². The van der Waals surface area contributed by atoms with Gasteiger partial charge in [0.1, 0.15) is 5.82 Å². The molecule has 1 saturated heterocycles. The molecule has 0 bridgehead atoms. The van der Waals surface area contributed by atoms with Gasteiger partial charge in [-0.25, -0.2) is 4.39 Å². The fourth-order valence-electron chi connectivity index (χ4n) is 3.12. The van der Waals surface area contributed by atoms with Crippen LogP contribution in [0.25, 0.3) is 0 Å². The van der Waals surface area contributed by atoms with Crippen molar-refractivity contribution in [3.8, 4) is 0 Å². The monoisotopic (exact) mass is 354 g/mol. The summed E-state index contributed by atoms with van der Waals surface area (Å²) in [7, 11) is 0. The second-order valence-electron chi connectivity index (χ2n) is 6.77. The van der Waals surface area contributed by atoms with Crippen molar-refractivity contribution in [3.05, 3.63) is 70.5 Å². The third-order valence-corrected chi connectivity index (χ3v) is 4.96. The average Bonchev–Trinajstić information content (AvgIpc) is 2.64. The summed E-state index contributed by atoms with van der Waals surface area (Å²) < 4.78 is 13.8. The first kappa shape index (κ1) is 18.3. The van der Waals surface area contributed by atoms with Gasteiger partial charge in [0.15, 0.2) is 5.78 Å². The van der Waals surface area contributed by atoms with Crippen molar-refractivity contribution in [1.29, 1.82) is 0 Å². The van der Waals surface area contributed by atoms with Gasteiger partial charge in [-0.3, -0.25) is 14.5 Å². The summed E-state index contributed by atoms with van der Waals surface area (Å²) >= 11 is 0. The number of nitrogens with zero attached hydrogens (tertiary/aromatic N) is 2. The highest BCUT2D eigenvalue weighted by Gasteiger charge is 2.25. The van der Waals surface area contributed by atoms with Crippen molar-refractivity contribution in [2.45, 2.75) is 13.8 Å². The number of aryl methyl sites for hydroxylation is 2. The Balaban J connectivity index is 1.57. The molecule has 0 aliphatic carbocycles. The number of piperazine rings is 1. The summed E-state index contributed by atoms with van der Waals surface area (Å²) in [5.74, 6) is -0.699. The molecule has 136 valence electrons. The summed E-state index contributed by atoms with van der Waals surface area (Å²) in [5, 5.41) is 0. The van der Waals surface area contributed by atoms with Gasteiger partial charge < -0.3 is 4.90 Å². The maximum atomic E-state index is 13.8. The molecule has 2 aromatic carbocycles. The van der Waals surface area contributed by atoms with Crippen molar-refractivity contribution < 1.29 is 14.0 Å². The standard InChI is InChI=1S/C21H23FN2O2/c1-15-7-8-17(13-16(15)2)20(25)14-23-9-11-24(12-10-23)21(26)18-5-3-4-6-19(18)22/h3-8,13H,9-12,14H2,1-2H3. The molecule has 3 rings (SSSR count). The molecular formula is C21H23FN2O2. The quantitative estimate of drug-likeness (QED) is 0.793. The number of carbonyl (C=O) groups excluding carboxylic acids is 2. The third kappa shape index (κ3) is 3.99. The minimum atomic E-state index is -0.496. The van der Waals surface area contributed by atoms with E-state index in [1.807, 2.05) is 36.9 Å². The van der Waals surface area contributed by atoms with Gasteiger partial charge in [-0.05, 0) is 43.2 Å². The number of rotatable bonds is 4. The predicted molar refractivity (Wildman–Crippen MR) is 99.0 cm³/mol. The molecular weight excluding hydrogens is 331 g/mol. The Morgan fingerprint density at radius 1 is 0.962 bits per heavy atom. The highest BCUT2D eigenvalue weighted by molar-refractivity contribution is 5.98. The maximum Gasteiger partial charge on any atom is 0.256 e. The topological polar surface area (TPSA) is 40.6 Å². The minimum Gasteiger partial charge on any atom is -0.336 e. The molecule has 1 amide bonds. The van der Waals surface area contributed by atoms with Crippen LogP contribution in [0.15, 0.2) is 42.5 Å². The van der Waals surface area contributed by atoms with Crippen LogP contribution in [-0.2, 0) is 0 Å². The first-order valence-corrected chi connectivity index (χ1v) is 8.82. The summed E-state index contributed by atoms with van der Waals surface area (Å²) in [6, 6.07) is 11.8. The highest BCUT2D eigenvalue weighted by Crippen LogP contribution is 2.14. The van der Waals surface area contributed by atoms with E-state index in [0.29, 0.717) is 32.7 Å². The van der Waals surface area contributed by atoms with Crippen molar-refractivity contribution in [3.63, 3.8) is 0 Å². The molecule has 4 nitrogen and oxygen atoms in total. The van der Waals surface area contributed by atoms with Crippen molar-refractivity contribution in [2.75, 3.05) is 32.7 Å². The van der Waals surface area contributed by atoms with Gasteiger partial charge in [0, 0.05) is 31.7 Å². The molecule has 1 fully saturated rings. The number of ketones is 1. The van der Waals surface area contributed by atoms with E-state index < -0.39 is 5.82 Å².